The Morgan fingerprint density at radius 2 is 1.79 bits per heavy atom. The Kier molecular flexibility index (Phi) is 6.28. The summed E-state index contributed by atoms with van der Waals surface area (Å²) in [5.74, 6) is -0.462. The molecule has 2 fully saturated rings. The molecule has 1 aliphatic carbocycles. The van der Waals surface area contributed by atoms with E-state index in [0.29, 0.717) is 26.2 Å². The van der Waals surface area contributed by atoms with E-state index in [-0.39, 0.29) is 12.5 Å². The van der Waals surface area contributed by atoms with Crippen molar-refractivity contribution in [2.75, 3.05) is 53.1 Å². The summed E-state index contributed by atoms with van der Waals surface area (Å²) in [4.78, 5) is 16.0. The van der Waals surface area contributed by atoms with Crippen molar-refractivity contribution in [1.29, 1.82) is 0 Å². The normalized spacial score (nSPS) is 26.8. The molecule has 24 heavy (non-hydrogen) atoms. The molecule has 1 saturated heterocycles. The van der Waals surface area contributed by atoms with Crippen LogP contribution in [0.4, 0.5) is 0 Å². The fourth-order valence-corrected chi connectivity index (χ4v) is 4.67. The van der Waals surface area contributed by atoms with Gasteiger partial charge in [0.25, 0.3) is 0 Å². The van der Waals surface area contributed by atoms with Crippen molar-refractivity contribution in [1.82, 2.24) is 14.1 Å². The van der Waals surface area contributed by atoms with E-state index in [0.717, 1.165) is 32.1 Å². The summed E-state index contributed by atoms with van der Waals surface area (Å²) in [5, 5.41) is 10.8. The van der Waals surface area contributed by atoms with E-state index < -0.39 is 21.5 Å². The third-order valence-corrected chi connectivity index (χ3v) is 6.40. The summed E-state index contributed by atoms with van der Waals surface area (Å²) < 4.78 is 25.3. The Morgan fingerprint density at radius 1 is 1.17 bits per heavy atom. The lowest BCUT2D eigenvalue weighted by Crippen LogP contribution is -2.47. The number of sulfonamides is 1. The first-order chi connectivity index (χ1) is 11.1. The maximum atomic E-state index is 12.5. The lowest BCUT2D eigenvalue weighted by molar-refractivity contribution is -0.133. The van der Waals surface area contributed by atoms with Crippen molar-refractivity contribution >= 4 is 15.9 Å². The van der Waals surface area contributed by atoms with Crippen LogP contribution in [-0.4, -0.2) is 92.2 Å². The van der Waals surface area contributed by atoms with Gasteiger partial charge >= 0.3 is 0 Å². The third kappa shape index (κ3) is 5.15. The second kappa shape index (κ2) is 7.68. The molecule has 8 heteroatoms. The minimum absolute atomic E-state index is 0.0637. The van der Waals surface area contributed by atoms with Crippen molar-refractivity contribution in [3.8, 4) is 0 Å². The van der Waals surface area contributed by atoms with Crippen LogP contribution in [-0.2, 0) is 14.8 Å². The fraction of sp³-hybridized carbons (Fsp3) is 0.938. The quantitative estimate of drug-likeness (QED) is 0.760. The number of amides is 1. The van der Waals surface area contributed by atoms with Gasteiger partial charge in [-0.05, 0) is 12.8 Å². The summed E-state index contributed by atoms with van der Waals surface area (Å²) in [6.07, 6.45) is 5.97. The van der Waals surface area contributed by atoms with Crippen LogP contribution in [0.2, 0.25) is 0 Å². The standard InChI is InChI=1S/C16H31N3O4S/c1-17(2)15(20)14-11-18(9-10-19(12-14)24(3,22)23)13-16(21)7-5-4-6-8-16/h14,21H,4-13H2,1-3H3/t14-/m1/s1. The van der Waals surface area contributed by atoms with Crippen LogP contribution in [0.3, 0.4) is 0 Å². The first kappa shape index (κ1) is 19.6. The second-order valence-electron chi connectivity index (χ2n) is 7.57. The zero-order valence-corrected chi connectivity index (χ0v) is 15.9. The van der Waals surface area contributed by atoms with Gasteiger partial charge in [-0.3, -0.25) is 9.69 Å². The number of nitrogens with zero attached hydrogens (tertiary/aromatic N) is 3. The summed E-state index contributed by atoms with van der Waals surface area (Å²) in [7, 11) is 0.0433. The van der Waals surface area contributed by atoms with E-state index in [2.05, 4.69) is 4.90 Å². The van der Waals surface area contributed by atoms with Gasteiger partial charge in [-0.2, -0.15) is 0 Å². The smallest absolute Gasteiger partial charge is 0.227 e. The number of β-amino-alcohol motifs (C(OH)–C–C–N with tert-alkyl or cyclic N) is 1. The number of carbonyl (C=O) groups is 1. The Hall–Kier alpha value is -0.700. The molecule has 1 N–H and O–H groups in total. The molecule has 1 amide bonds. The minimum Gasteiger partial charge on any atom is -0.389 e. The Labute approximate surface area is 145 Å². The average Bonchev–Trinajstić information content (AvgIpc) is 2.69. The number of aliphatic hydroxyl groups is 1. The van der Waals surface area contributed by atoms with Crippen LogP contribution in [0.15, 0.2) is 0 Å². The van der Waals surface area contributed by atoms with E-state index in [1.807, 2.05) is 0 Å². The highest BCUT2D eigenvalue weighted by Crippen LogP contribution is 2.29. The molecule has 1 heterocycles. The van der Waals surface area contributed by atoms with Gasteiger partial charge in [0.1, 0.15) is 0 Å². The number of rotatable bonds is 4. The van der Waals surface area contributed by atoms with Crippen LogP contribution < -0.4 is 0 Å². The predicted octanol–water partition coefficient (Wildman–Crippen LogP) is -0.0368. The molecule has 1 saturated carbocycles. The highest BCUT2D eigenvalue weighted by atomic mass is 32.2. The molecular weight excluding hydrogens is 330 g/mol. The lowest BCUT2D eigenvalue weighted by atomic mass is 9.84. The van der Waals surface area contributed by atoms with Crippen LogP contribution >= 0.6 is 0 Å². The van der Waals surface area contributed by atoms with E-state index >= 15 is 0 Å². The zero-order valence-electron chi connectivity index (χ0n) is 15.1. The SMILES string of the molecule is CN(C)C(=O)[C@@H]1CN(CC2(O)CCCCC2)CCN(S(C)(=O)=O)C1. The summed E-state index contributed by atoms with van der Waals surface area (Å²) in [6.45, 7) is 2.14. The van der Waals surface area contributed by atoms with Gasteiger partial charge in [0.2, 0.25) is 15.9 Å². The molecular formula is C16H31N3O4S. The maximum absolute atomic E-state index is 12.5. The van der Waals surface area contributed by atoms with E-state index in [9.17, 15) is 18.3 Å². The Bertz CT molecular complexity index is 544. The molecule has 1 atom stereocenters. The van der Waals surface area contributed by atoms with Crippen molar-refractivity contribution in [2.45, 2.75) is 37.7 Å². The van der Waals surface area contributed by atoms with Crippen molar-refractivity contribution < 1.29 is 18.3 Å². The van der Waals surface area contributed by atoms with Crippen LogP contribution in [0.25, 0.3) is 0 Å². The summed E-state index contributed by atoms with van der Waals surface area (Å²) in [6, 6.07) is 0. The molecule has 2 rings (SSSR count). The van der Waals surface area contributed by atoms with Crippen molar-refractivity contribution in [2.24, 2.45) is 5.92 Å². The highest BCUT2D eigenvalue weighted by molar-refractivity contribution is 7.88. The first-order valence-corrected chi connectivity index (χ1v) is 10.6. The predicted molar refractivity (Wildman–Crippen MR) is 93.1 cm³/mol. The van der Waals surface area contributed by atoms with Gasteiger partial charge < -0.3 is 10.0 Å². The maximum Gasteiger partial charge on any atom is 0.227 e. The number of hydrogen-bond acceptors (Lipinski definition) is 5. The van der Waals surface area contributed by atoms with Crippen molar-refractivity contribution in [3.05, 3.63) is 0 Å². The van der Waals surface area contributed by atoms with Gasteiger partial charge in [-0.15, -0.1) is 0 Å². The number of hydrogen-bond donors (Lipinski definition) is 1. The summed E-state index contributed by atoms with van der Waals surface area (Å²) in [5.41, 5.74) is -0.704. The molecule has 0 unspecified atom stereocenters. The highest BCUT2D eigenvalue weighted by Gasteiger charge is 2.36. The molecule has 0 bridgehead atoms. The van der Waals surface area contributed by atoms with Crippen LogP contribution in [0.1, 0.15) is 32.1 Å². The van der Waals surface area contributed by atoms with Gasteiger partial charge in [0.05, 0.1) is 17.8 Å². The van der Waals surface area contributed by atoms with Gasteiger partial charge in [-0.25, -0.2) is 12.7 Å². The molecule has 0 aromatic rings. The molecule has 0 aromatic carbocycles. The van der Waals surface area contributed by atoms with Crippen molar-refractivity contribution in [3.63, 3.8) is 0 Å². The zero-order chi connectivity index (χ0) is 18.0. The molecule has 0 radical (unpaired) electrons. The molecule has 140 valence electrons. The first-order valence-electron chi connectivity index (χ1n) is 8.72. The van der Waals surface area contributed by atoms with E-state index in [1.165, 1.54) is 15.5 Å². The van der Waals surface area contributed by atoms with Gasteiger partial charge in [-0.1, -0.05) is 19.3 Å². The molecule has 2 aliphatic rings. The topological polar surface area (TPSA) is 81.2 Å². The average molecular weight is 362 g/mol. The van der Waals surface area contributed by atoms with Crippen LogP contribution in [0, 0.1) is 5.92 Å². The monoisotopic (exact) mass is 361 g/mol. The van der Waals surface area contributed by atoms with E-state index in [4.69, 9.17) is 0 Å². The fourth-order valence-electron chi connectivity index (χ4n) is 3.80. The second-order valence-corrected chi connectivity index (χ2v) is 9.55. The van der Waals surface area contributed by atoms with E-state index in [1.54, 1.807) is 14.1 Å². The lowest BCUT2D eigenvalue weighted by Gasteiger charge is -2.37. The molecule has 0 spiro atoms. The minimum atomic E-state index is -3.34. The largest absolute Gasteiger partial charge is 0.389 e. The molecule has 1 aliphatic heterocycles. The summed E-state index contributed by atoms with van der Waals surface area (Å²) >= 11 is 0. The van der Waals surface area contributed by atoms with Gasteiger partial charge in [0.15, 0.2) is 0 Å². The van der Waals surface area contributed by atoms with Gasteiger partial charge in [0, 0.05) is 46.8 Å². The Morgan fingerprint density at radius 3 is 2.33 bits per heavy atom. The molecule has 0 aromatic heterocycles. The molecule has 7 nitrogen and oxygen atoms in total. The Balaban J connectivity index is 2.13. The number of carbonyl (C=O) groups excluding carboxylic acids is 1. The van der Waals surface area contributed by atoms with Crippen LogP contribution in [0.5, 0.6) is 0 Å². The third-order valence-electron chi connectivity index (χ3n) is 5.13.